The van der Waals surface area contributed by atoms with Gasteiger partial charge >= 0.3 is 0 Å². The molecule has 0 bridgehead atoms. The summed E-state index contributed by atoms with van der Waals surface area (Å²) < 4.78 is 3.80. The number of hydrogen-bond donors (Lipinski definition) is 0. The molecule has 1 unspecified atom stereocenters. The molecule has 4 rings (SSSR count). The van der Waals surface area contributed by atoms with Gasteiger partial charge in [0.15, 0.2) is 0 Å². The summed E-state index contributed by atoms with van der Waals surface area (Å²) >= 11 is 3.43. The third-order valence-electron chi connectivity index (χ3n) is 4.67. The van der Waals surface area contributed by atoms with E-state index >= 15 is 0 Å². The Bertz CT molecular complexity index is 864. The summed E-state index contributed by atoms with van der Waals surface area (Å²) in [4.78, 5) is 18.0. The van der Waals surface area contributed by atoms with Crippen molar-refractivity contribution >= 4 is 48.1 Å². The molecular formula is C18H20N2OS2. The summed E-state index contributed by atoms with van der Waals surface area (Å²) in [5.74, 6) is 0.203. The van der Waals surface area contributed by atoms with Gasteiger partial charge in [0, 0.05) is 33.9 Å². The Morgan fingerprint density at radius 3 is 2.87 bits per heavy atom. The lowest BCUT2D eigenvalue weighted by Gasteiger charge is -2.35. The van der Waals surface area contributed by atoms with Gasteiger partial charge < -0.3 is 9.80 Å². The van der Waals surface area contributed by atoms with Crippen LogP contribution in [0.3, 0.4) is 0 Å². The maximum Gasteiger partial charge on any atom is 0.264 e. The molecule has 1 saturated heterocycles. The molecule has 1 atom stereocenters. The van der Waals surface area contributed by atoms with Crippen LogP contribution in [0.5, 0.6) is 0 Å². The number of fused-ring (bicyclic) bond motifs is 3. The van der Waals surface area contributed by atoms with Gasteiger partial charge in [0.05, 0.1) is 9.58 Å². The maximum atomic E-state index is 12.9. The predicted molar refractivity (Wildman–Crippen MR) is 99.8 cm³/mol. The molecule has 0 radical (unpaired) electrons. The van der Waals surface area contributed by atoms with Gasteiger partial charge in [0.1, 0.15) is 0 Å². The summed E-state index contributed by atoms with van der Waals surface area (Å²) in [5, 5.41) is 1.28. The molecular weight excluding hydrogens is 324 g/mol. The lowest BCUT2D eigenvalue weighted by Crippen LogP contribution is -2.47. The van der Waals surface area contributed by atoms with Crippen LogP contribution in [0.4, 0.5) is 0 Å². The first-order chi connectivity index (χ1) is 11.1. The molecule has 2 aromatic heterocycles. The topological polar surface area (TPSA) is 23.6 Å². The van der Waals surface area contributed by atoms with E-state index in [1.807, 2.05) is 4.90 Å². The van der Waals surface area contributed by atoms with Gasteiger partial charge in [-0.2, -0.15) is 0 Å². The zero-order valence-corrected chi connectivity index (χ0v) is 15.0. The van der Waals surface area contributed by atoms with E-state index in [1.54, 1.807) is 22.7 Å². The lowest BCUT2D eigenvalue weighted by molar-refractivity contribution is 0.0640. The number of benzene rings is 1. The van der Waals surface area contributed by atoms with E-state index in [0.29, 0.717) is 6.04 Å². The highest BCUT2D eigenvalue weighted by Gasteiger charge is 2.27. The third-order valence-corrected chi connectivity index (χ3v) is 7.08. The molecule has 0 N–H and O–H groups in total. The number of hydrogen-bond acceptors (Lipinski definition) is 4. The van der Waals surface area contributed by atoms with Crippen LogP contribution in [-0.4, -0.2) is 48.9 Å². The number of nitrogens with zero attached hydrogens (tertiary/aromatic N) is 2. The average Bonchev–Trinajstić information content (AvgIpc) is 3.12. The van der Waals surface area contributed by atoms with Gasteiger partial charge in [-0.25, -0.2) is 0 Å². The number of amides is 1. The van der Waals surface area contributed by atoms with Gasteiger partial charge in [-0.3, -0.25) is 4.79 Å². The number of piperidine rings is 1. The summed E-state index contributed by atoms with van der Waals surface area (Å²) in [7, 11) is 4.21. The molecule has 3 nitrogen and oxygen atoms in total. The summed E-state index contributed by atoms with van der Waals surface area (Å²) in [6, 6.07) is 11.0. The molecule has 1 fully saturated rings. The molecule has 1 aliphatic heterocycles. The van der Waals surface area contributed by atoms with Gasteiger partial charge in [-0.05, 0) is 39.1 Å². The van der Waals surface area contributed by atoms with E-state index in [9.17, 15) is 4.79 Å². The predicted octanol–water partition coefficient (Wildman–Crippen LogP) is 4.28. The molecule has 3 aromatic rings. The molecule has 5 heteroatoms. The molecule has 0 spiro atoms. The van der Waals surface area contributed by atoms with Crippen molar-refractivity contribution in [2.75, 3.05) is 27.2 Å². The van der Waals surface area contributed by atoms with E-state index in [0.717, 1.165) is 24.4 Å². The first-order valence-electron chi connectivity index (χ1n) is 8.00. The maximum absolute atomic E-state index is 12.9. The Labute approximate surface area is 144 Å². The number of likely N-dealkylation sites (tertiary alicyclic amines) is 1. The van der Waals surface area contributed by atoms with Crippen LogP contribution in [0.2, 0.25) is 0 Å². The highest BCUT2D eigenvalue weighted by Crippen LogP contribution is 2.39. The molecule has 1 aromatic carbocycles. The van der Waals surface area contributed by atoms with Crippen molar-refractivity contribution in [3.05, 3.63) is 35.2 Å². The van der Waals surface area contributed by atoms with Crippen molar-refractivity contribution in [2.45, 2.75) is 18.9 Å². The van der Waals surface area contributed by atoms with E-state index in [1.165, 1.54) is 25.9 Å². The van der Waals surface area contributed by atoms with Crippen LogP contribution < -0.4 is 0 Å². The molecule has 120 valence electrons. The fraction of sp³-hybridized carbons (Fsp3) is 0.389. The van der Waals surface area contributed by atoms with Gasteiger partial charge in [-0.1, -0.05) is 18.2 Å². The van der Waals surface area contributed by atoms with Gasteiger partial charge in [-0.15, -0.1) is 22.7 Å². The first kappa shape index (κ1) is 15.1. The van der Waals surface area contributed by atoms with Crippen LogP contribution >= 0.6 is 22.7 Å². The number of carbonyl (C=O) groups is 1. The van der Waals surface area contributed by atoms with Gasteiger partial charge in [0.2, 0.25) is 0 Å². The smallest absolute Gasteiger partial charge is 0.264 e. The zero-order valence-electron chi connectivity index (χ0n) is 13.4. The molecule has 0 saturated carbocycles. The second-order valence-corrected chi connectivity index (χ2v) is 8.55. The normalized spacial score (nSPS) is 19.1. The highest BCUT2D eigenvalue weighted by atomic mass is 32.1. The highest BCUT2D eigenvalue weighted by molar-refractivity contribution is 7.33. The minimum absolute atomic E-state index is 0.203. The van der Waals surface area contributed by atoms with Crippen LogP contribution in [0.25, 0.3) is 19.5 Å². The van der Waals surface area contributed by atoms with Crippen molar-refractivity contribution in [3.8, 4) is 0 Å². The van der Waals surface area contributed by atoms with Crippen molar-refractivity contribution in [2.24, 2.45) is 0 Å². The summed E-state index contributed by atoms with van der Waals surface area (Å²) in [5.41, 5.74) is 0. The standard InChI is InChI=1S/C18H20N2OS2/c1-19(2)12-6-5-9-20(11-12)18(21)16-10-15-17(23-16)13-7-3-4-8-14(13)22-15/h3-4,7-8,10,12H,5-6,9,11H2,1-2H3. The molecule has 1 amide bonds. The lowest BCUT2D eigenvalue weighted by atomic mass is 10.0. The quantitative estimate of drug-likeness (QED) is 0.693. The minimum Gasteiger partial charge on any atom is -0.336 e. The Hall–Kier alpha value is -1.43. The van der Waals surface area contributed by atoms with Crippen LogP contribution in [-0.2, 0) is 0 Å². The van der Waals surface area contributed by atoms with Gasteiger partial charge in [0.25, 0.3) is 5.91 Å². The molecule has 3 heterocycles. The average molecular weight is 345 g/mol. The van der Waals surface area contributed by atoms with Crippen LogP contribution in [0, 0.1) is 0 Å². The Morgan fingerprint density at radius 2 is 2.04 bits per heavy atom. The number of rotatable bonds is 2. The molecule has 23 heavy (non-hydrogen) atoms. The van der Waals surface area contributed by atoms with E-state index in [-0.39, 0.29) is 5.91 Å². The molecule has 0 aliphatic carbocycles. The second-order valence-electron chi connectivity index (χ2n) is 6.41. The fourth-order valence-corrected chi connectivity index (χ4v) is 5.81. The second kappa shape index (κ2) is 5.89. The zero-order chi connectivity index (χ0) is 16.0. The molecule has 1 aliphatic rings. The van der Waals surface area contributed by atoms with Crippen molar-refractivity contribution in [1.29, 1.82) is 0 Å². The Balaban J connectivity index is 1.64. The summed E-state index contributed by atoms with van der Waals surface area (Å²) in [6.07, 6.45) is 2.28. The summed E-state index contributed by atoms with van der Waals surface area (Å²) in [6.45, 7) is 1.73. The van der Waals surface area contributed by atoms with Crippen molar-refractivity contribution in [3.63, 3.8) is 0 Å². The van der Waals surface area contributed by atoms with E-state index in [4.69, 9.17) is 0 Å². The number of carbonyl (C=O) groups excluding carboxylic acids is 1. The third kappa shape index (κ3) is 2.67. The first-order valence-corrected chi connectivity index (χ1v) is 9.63. The monoisotopic (exact) mass is 344 g/mol. The Kier molecular flexibility index (Phi) is 3.87. The van der Waals surface area contributed by atoms with E-state index < -0.39 is 0 Å². The number of thiophene rings is 2. The minimum atomic E-state index is 0.203. The van der Waals surface area contributed by atoms with E-state index in [2.05, 4.69) is 49.3 Å². The number of likely N-dealkylation sites (N-methyl/N-ethyl adjacent to an activating group) is 1. The van der Waals surface area contributed by atoms with Crippen molar-refractivity contribution < 1.29 is 4.79 Å². The fourth-order valence-electron chi connectivity index (χ4n) is 3.32. The van der Waals surface area contributed by atoms with Crippen molar-refractivity contribution in [1.82, 2.24) is 9.80 Å². The van der Waals surface area contributed by atoms with Crippen LogP contribution in [0.15, 0.2) is 30.3 Å². The SMILES string of the molecule is CN(C)C1CCCN(C(=O)c2cc3sc4ccccc4c3s2)C1. The van der Waals surface area contributed by atoms with Crippen LogP contribution in [0.1, 0.15) is 22.5 Å². The largest absolute Gasteiger partial charge is 0.336 e. The Morgan fingerprint density at radius 1 is 1.22 bits per heavy atom.